The summed E-state index contributed by atoms with van der Waals surface area (Å²) in [5.41, 5.74) is 0.301. The molecule has 2 aliphatic carbocycles. The van der Waals surface area contributed by atoms with Crippen molar-refractivity contribution in [3.63, 3.8) is 0 Å². The summed E-state index contributed by atoms with van der Waals surface area (Å²) in [6.07, 6.45) is 7.21. The monoisotopic (exact) mass is 267 g/mol. The number of nitrogens with one attached hydrogen (secondary N) is 1. The van der Waals surface area contributed by atoms with Crippen LogP contribution >= 0.6 is 0 Å². The number of ether oxygens (including phenoxy) is 1. The second-order valence-corrected chi connectivity index (χ2v) is 7.96. The molecule has 0 amide bonds. The van der Waals surface area contributed by atoms with Crippen molar-refractivity contribution < 1.29 is 4.74 Å². The minimum Gasteiger partial charge on any atom is -0.377 e. The van der Waals surface area contributed by atoms with Crippen molar-refractivity contribution in [1.82, 2.24) is 5.32 Å². The van der Waals surface area contributed by atoms with Crippen LogP contribution in [0, 0.1) is 17.3 Å². The molecule has 0 spiro atoms. The summed E-state index contributed by atoms with van der Waals surface area (Å²) < 4.78 is 6.06. The highest BCUT2D eigenvalue weighted by Gasteiger charge is 2.49. The number of hydrogen-bond donors (Lipinski definition) is 1. The number of rotatable bonds is 5. The van der Waals surface area contributed by atoms with Crippen LogP contribution < -0.4 is 5.32 Å². The maximum atomic E-state index is 6.06. The van der Waals surface area contributed by atoms with Crippen molar-refractivity contribution in [1.29, 1.82) is 0 Å². The Bertz CT molecular complexity index is 287. The van der Waals surface area contributed by atoms with Gasteiger partial charge in [0.05, 0.1) is 6.10 Å². The van der Waals surface area contributed by atoms with Gasteiger partial charge in [-0.15, -0.1) is 0 Å². The van der Waals surface area contributed by atoms with Crippen molar-refractivity contribution >= 4 is 0 Å². The van der Waals surface area contributed by atoms with Crippen molar-refractivity contribution in [3.05, 3.63) is 0 Å². The van der Waals surface area contributed by atoms with Gasteiger partial charge >= 0.3 is 0 Å². The first-order valence-corrected chi connectivity index (χ1v) is 8.27. The molecule has 2 rings (SSSR count). The molecular formula is C17H33NO. The molecule has 0 radical (unpaired) electrons. The SMILES string of the molecule is CC(C)COC1CC(NC2CCCC(C)C2)C1(C)C. The fraction of sp³-hybridized carbons (Fsp3) is 1.00. The summed E-state index contributed by atoms with van der Waals surface area (Å²) in [5.74, 6) is 1.55. The molecule has 2 fully saturated rings. The van der Waals surface area contributed by atoms with E-state index in [1.807, 2.05) is 0 Å². The Kier molecular flexibility index (Phi) is 4.94. The molecule has 0 bridgehead atoms. The molecule has 2 nitrogen and oxygen atoms in total. The van der Waals surface area contributed by atoms with Crippen LogP contribution in [-0.4, -0.2) is 24.8 Å². The highest BCUT2D eigenvalue weighted by molar-refractivity contribution is 5.04. The molecule has 0 saturated heterocycles. The smallest absolute Gasteiger partial charge is 0.0656 e. The molecule has 0 aliphatic heterocycles. The maximum Gasteiger partial charge on any atom is 0.0656 e. The summed E-state index contributed by atoms with van der Waals surface area (Å²) in [5, 5.41) is 3.91. The largest absolute Gasteiger partial charge is 0.377 e. The highest BCUT2D eigenvalue weighted by Crippen LogP contribution is 2.43. The van der Waals surface area contributed by atoms with E-state index in [0.717, 1.165) is 18.6 Å². The van der Waals surface area contributed by atoms with E-state index in [9.17, 15) is 0 Å². The van der Waals surface area contributed by atoms with Crippen LogP contribution in [0.2, 0.25) is 0 Å². The van der Waals surface area contributed by atoms with Gasteiger partial charge < -0.3 is 10.1 Å². The zero-order chi connectivity index (χ0) is 14.0. The normalized spacial score (nSPS) is 38.2. The minimum absolute atomic E-state index is 0.301. The van der Waals surface area contributed by atoms with Crippen LogP contribution in [0.3, 0.4) is 0 Å². The van der Waals surface area contributed by atoms with E-state index in [1.54, 1.807) is 0 Å². The first-order chi connectivity index (χ1) is 8.89. The van der Waals surface area contributed by atoms with E-state index >= 15 is 0 Å². The van der Waals surface area contributed by atoms with Crippen LogP contribution in [0.25, 0.3) is 0 Å². The predicted octanol–water partition coefficient (Wildman–Crippen LogP) is 3.99. The van der Waals surface area contributed by atoms with Gasteiger partial charge in [0.1, 0.15) is 0 Å². The molecule has 0 aromatic heterocycles. The Balaban J connectivity index is 1.77. The van der Waals surface area contributed by atoms with E-state index in [1.165, 1.54) is 32.1 Å². The summed E-state index contributed by atoms with van der Waals surface area (Å²) in [4.78, 5) is 0. The van der Waals surface area contributed by atoms with Crippen LogP contribution in [0.4, 0.5) is 0 Å². The fourth-order valence-electron chi connectivity index (χ4n) is 3.63. The van der Waals surface area contributed by atoms with Crippen LogP contribution in [0.5, 0.6) is 0 Å². The molecule has 0 heterocycles. The standard InChI is InChI=1S/C17H33NO/c1-12(2)11-19-16-10-15(17(16,4)5)18-14-8-6-7-13(3)9-14/h12-16,18H,6-11H2,1-5H3. The Morgan fingerprint density at radius 2 is 1.95 bits per heavy atom. The quantitative estimate of drug-likeness (QED) is 0.813. The summed E-state index contributed by atoms with van der Waals surface area (Å²) in [7, 11) is 0. The van der Waals surface area contributed by atoms with E-state index in [0.29, 0.717) is 23.5 Å². The molecule has 0 aromatic rings. The lowest BCUT2D eigenvalue weighted by atomic mass is 9.64. The van der Waals surface area contributed by atoms with E-state index < -0.39 is 0 Å². The van der Waals surface area contributed by atoms with Crippen LogP contribution in [0.1, 0.15) is 66.7 Å². The predicted molar refractivity (Wildman–Crippen MR) is 81.3 cm³/mol. The second-order valence-electron chi connectivity index (χ2n) is 7.96. The second kappa shape index (κ2) is 6.13. The third kappa shape index (κ3) is 3.72. The molecule has 4 atom stereocenters. The van der Waals surface area contributed by atoms with Gasteiger partial charge in [-0.25, -0.2) is 0 Å². The molecule has 1 N–H and O–H groups in total. The molecular weight excluding hydrogens is 234 g/mol. The first kappa shape index (κ1) is 15.3. The van der Waals surface area contributed by atoms with Crippen molar-refractivity contribution in [3.8, 4) is 0 Å². The van der Waals surface area contributed by atoms with Crippen molar-refractivity contribution in [2.75, 3.05) is 6.61 Å². The van der Waals surface area contributed by atoms with E-state index in [4.69, 9.17) is 4.74 Å². The van der Waals surface area contributed by atoms with E-state index in [2.05, 4.69) is 39.9 Å². The summed E-state index contributed by atoms with van der Waals surface area (Å²) >= 11 is 0. The average Bonchev–Trinajstić information content (AvgIpc) is 2.32. The summed E-state index contributed by atoms with van der Waals surface area (Å²) in [6, 6.07) is 1.40. The Morgan fingerprint density at radius 3 is 2.53 bits per heavy atom. The highest BCUT2D eigenvalue weighted by atomic mass is 16.5. The minimum atomic E-state index is 0.301. The Hall–Kier alpha value is -0.0800. The third-order valence-electron chi connectivity index (χ3n) is 5.18. The van der Waals surface area contributed by atoms with Gasteiger partial charge in [0, 0.05) is 24.1 Å². The van der Waals surface area contributed by atoms with Gasteiger partial charge in [-0.05, 0) is 31.1 Å². The fourth-order valence-corrected chi connectivity index (χ4v) is 3.63. The lowest BCUT2D eigenvalue weighted by molar-refractivity contribution is -0.126. The lowest BCUT2D eigenvalue weighted by Gasteiger charge is -2.53. The molecule has 112 valence electrons. The Morgan fingerprint density at radius 1 is 1.21 bits per heavy atom. The van der Waals surface area contributed by atoms with E-state index in [-0.39, 0.29) is 0 Å². The van der Waals surface area contributed by atoms with Gasteiger partial charge in [-0.2, -0.15) is 0 Å². The third-order valence-corrected chi connectivity index (χ3v) is 5.18. The van der Waals surface area contributed by atoms with Gasteiger partial charge in [0.2, 0.25) is 0 Å². The molecule has 0 aromatic carbocycles. The molecule has 4 unspecified atom stereocenters. The van der Waals surface area contributed by atoms with Gasteiger partial charge in [0.25, 0.3) is 0 Å². The van der Waals surface area contributed by atoms with Gasteiger partial charge in [0.15, 0.2) is 0 Å². The molecule has 2 heteroatoms. The zero-order valence-electron chi connectivity index (χ0n) is 13.5. The molecule has 2 aliphatic rings. The summed E-state index contributed by atoms with van der Waals surface area (Å²) in [6.45, 7) is 12.5. The van der Waals surface area contributed by atoms with Crippen molar-refractivity contribution in [2.24, 2.45) is 17.3 Å². The van der Waals surface area contributed by atoms with Gasteiger partial charge in [-0.3, -0.25) is 0 Å². The van der Waals surface area contributed by atoms with Crippen LogP contribution in [-0.2, 0) is 4.74 Å². The average molecular weight is 267 g/mol. The van der Waals surface area contributed by atoms with Crippen molar-refractivity contribution in [2.45, 2.75) is 84.9 Å². The topological polar surface area (TPSA) is 21.3 Å². The molecule has 2 saturated carbocycles. The molecule has 19 heavy (non-hydrogen) atoms. The first-order valence-electron chi connectivity index (χ1n) is 8.27. The van der Waals surface area contributed by atoms with Crippen LogP contribution in [0.15, 0.2) is 0 Å². The maximum absolute atomic E-state index is 6.06. The van der Waals surface area contributed by atoms with Gasteiger partial charge in [-0.1, -0.05) is 47.5 Å². The number of hydrogen-bond acceptors (Lipinski definition) is 2. The Labute approximate surface area is 119 Å². The zero-order valence-corrected chi connectivity index (χ0v) is 13.5. The lowest BCUT2D eigenvalue weighted by Crippen LogP contribution is -2.63.